The van der Waals surface area contributed by atoms with Crippen LogP contribution in [-0.2, 0) is 0 Å². The molecule has 0 saturated carbocycles. The van der Waals surface area contributed by atoms with Gasteiger partial charge in [-0.1, -0.05) is 24.3 Å². The molecule has 0 bridgehead atoms. The summed E-state index contributed by atoms with van der Waals surface area (Å²) < 4.78 is 10.6. The van der Waals surface area contributed by atoms with Crippen LogP contribution in [0.15, 0.2) is 36.5 Å². The maximum atomic E-state index is 10.5. The van der Waals surface area contributed by atoms with E-state index >= 15 is 0 Å². The number of ether oxygens (including phenoxy) is 2. The molecule has 98 valence electrons. The fraction of sp³-hybridized carbons (Fsp3) is 0.143. The minimum atomic E-state index is -0.506. The molecule has 0 spiro atoms. The van der Waals surface area contributed by atoms with Gasteiger partial charge in [0.2, 0.25) is 6.20 Å². The lowest BCUT2D eigenvalue weighted by Crippen LogP contribution is -1.95. The first-order valence-corrected chi connectivity index (χ1v) is 5.62. The highest BCUT2D eigenvalue weighted by Gasteiger charge is 2.13. The van der Waals surface area contributed by atoms with E-state index in [0.717, 1.165) is 17.0 Å². The summed E-state index contributed by atoms with van der Waals surface area (Å²) in [5.41, 5.74) is 0.633. The molecule has 0 heterocycles. The Morgan fingerprint density at radius 1 is 1.21 bits per heavy atom. The van der Waals surface area contributed by atoms with Gasteiger partial charge in [-0.2, -0.15) is 0 Å². The molecule has 0 N–H and O–H groups in total. The largest absolute Gasteiger partial charge is 0.493 e. The second-order valence-corrected chi connectivity index (χ2v) is 3.85. The van der Waals surface area contributed by atoms with Gasteiger partial charge in [0, 0.05) is 11.6 Å². The van der Waals surface area contributed by atoms with E-state index in [-0.39, 0.29) is 0 Å². The third-order valence-electron chi connectivity index (χ3n) is 2.79. The van der Waals surface area contributed by atoms with Gasteiger partial charge in [-0.25, -0.2) is 0 Å². The molecule has 2 rings (SSSR count). The van der Waals surface area contributed by atoms with Crippen LogP contribution < -0.4 is 9.47 Å². The molecule has 0 aliphatic heterocycles. The maximum absolute atomic E-state index is 10.5. The normalized spacial score (nSPS) is 10.8. The zero-order valence-electron chi connectivity index (χ0n) is 10.6. The van der Waals surface area contributed by atoms with Crippen LogP contribution in [0.25, 0.3) is 16.8 Å². The Balaban J connectivity index is 2.77. The van der Waals surface area contributed by atoms with E-state index < -0.39 is 4.92 Å². The van der Waals surface area contributed by atoms with Crippen molar-refractivity contribution in [3.8, 4) is 11.5 Å². The molecular weight excluding hydrogens is 246 g/mol. The maximum Gasteiger partial charge on any atom is 0.235 e. The molecule has 0 atom stereocenters. The number of hydrogen-bond acceptors (Lipinski definition) is 4. The van der Waals surface area contributed by atoms with Gasteiger partial charge >= 0.3 is 0 Å². The standard InChI is InChI=1S/C14H13NO4/c1-18-13-9-10-5-3-4-6-11(10)12(14(13)19-2)7-8-15(16)17/h3-9H,1-2H3/b8-7+. The fourth-order valence-corrected chi connectivity index (χ4v) is 1.99. The fourth-order valence-electron chi connectivity index (χ4n) is 1.99. The van der Waals surface area contributed by atoms with Gasteiger partial charge in [0.15, 0.2) is 11.5 Å². The van der Waals surface area contributed by atoms with E-state index in [1.54, 1.807) is 0 Å². The van der Waals surface area contributed by atoms with Gasteiger partial charge in [0.1, 0.15) is 0 Å². The Kier molecular flexibility index (Phi) is 3.66. The lowest BCUT2D eigenvalue weighted by atomic mass is 10.0. The van der Waals surface area contributed by atoms with Crippen molar-refractivity contribution < 1.29 is 14.4 Å². The highest BCUT2D eigenvalue weighted by Crippen LogP contribution is 2.38. The van der Waals surface area contributed by atoms with Crippen molar-refractivity contribution in [2.75, 3.05) is 14.2 Å². The van der Waals surface area contributed by atoms with Gasteiger partial charge in [-0.3, -0.25) is 10.1 Å². The SMILES string of the molecule is COc1cc2ccccc2c(/C=C/[N+](=O)[O-])c1OC. The number of fused-ring (bicyclic) bond motifs is 1. The Hall–Kier alpha value is -2.56. The summed E-state index contributed by atoms with van der Waals surface area (Å²) in [6.07, 6.45) is 2.31. The molecule has 0 fully saturated rings. The average Bonchev–Trinajstić information content (AvgIpc) is 2.43. The lowest BCUT2D eigenvalue weighted by Gasteiger charge is -2.13. The van der Waals surface area contributed by atoms with E-state index in [0.29, 0.717) is 17.1 Å². The van der Waals surface area contributed by atoms with E-state index in [9.17, 15) is 10.1 Å². The summed E-state index contributed by atoms with van der Waals surface area (Å²) in [5, 5.41) is 12.3. The van der Waals surface area contributed by atoms with E-state index in [4.69, 9.17) is 9.47 Å². The summed E-state index contributed by atoms with van der Waals surface area (Å²) >= 11 is 0. The zero-order valence-corrected chi connectivity index (χ0v) is 10.6. The average molecular weight is 259 g/mol. The lowest BCUT2D eigenvalue weighted by molar-refractivity contribution is -0.400. The van der Waals surface area contributed by atoms with Crippen LogP contribution >= 0.6 is 0 Å². The van der Waals surface area contributed by atoms with Crippen molar-refractivity contribution >= 4 is 16.8 Å². The van der Waals surface area contributed by atoms with Crippen LogP contribution in [0.2, 0.25) is 0 Å². The Bertz CT molecular complexity index is 649. The number of rotatable bonds is 4. The van der Waals surface area contributed by atoms with Gasteiger partial charge in [-0.15, -0.1) is 0 Å². The van der Waals surface area contributed by atoms with Gasteiger partial charge in [0.05, 0.1) is 19.1 Å². The molecule has 0 saturated heterocycles. The van der Waals surface area contributed by atoms with Crippen molar-refractivity contribution in [3.05, 3.63) is 52.2 Å². The first kappa shape index (κ1) is 12.9. The minimum absolute atomic E-state index is 0.485. The summed E-state index contributed by atoms with van der Waals surface area (Å²) in [4.78, 5) is 10.0. The third kappa shape index (κ3) is 2.49. The van der Waals surface area contributed by atoms with Crippen LogP contribution in [0.5, 0.6) is 11.5 Å². The monoisotopic (exact) mass is 259 g/mol. The second kappa shape index (κ2) is 5.39. The van der Waals surface area contributed by atoms with Crippen LogP contribution in [0.3, 0.4) is 0 Å². The number of hydrogen-bond donors (Lipinski definition) is 0. The van der Waals surface area contributed by atoms with Crippen LogP contribution in [0.1, 0.15) is 5.56 Å². The quantitative estimate of drug-likeness (QED) is 0.625. The van der Waals surface area contributed by atoms with E-state index in [1.807, 2.05) is 30.3 Å². The topological polar surface area (TPSA) is 61.6 Å². The van der Waals surface area contributed by atoms with E-state index in [2.05, 4.69) is 0 Å². The summed E-state index contributed by atoms with van der Waals surface area (Å²) in [5.74, 6) is 1.03. The first-order chi connectivity index (χ1) is 9.17. The first-order valence-electron chi connectivity index (χ1n) is 5.62. The van der Waals surface area contributed by atoms with Gasteiger partial charge in [-0.05, 0) is 16.8 Å². The molecule has 19 heavy (non-hydrogen) atoms. The Morgan fingerprint density at radius 2 is 1.95 bits per heavy atom. The second-order valence-electron chi connectivity index (χ2n) is 3.85. The van der Waals surface area contributed by atoms with Crippen LogP contribution in [0, 0.1) is 10.1 Å². The molecule has 2 aromatic carbocycles. The molecule has 5 nitrogen and oxygen atoms in total. The van der Waals surface area contributed by atoms with Crippen molar-refractivity contribution in [1.29, 1.82) is 0 Å². The van der Waals surface area contributed by atoms with E-state index in [1.165, 1.54) is 20.3 Å². The Labute approximate surface area is 110 Å². The summed E-state index contributed by atoms with van der Waals surface area (Å²) in [7, 11) is 3.05. The highest BCUT2D eigenvalue weighted by atomic mass is 16.6. The molecule has 0 aliphatic carbocycles. The summed E-state index contributed by atoms with van der Waals surface area (Å²) in [6, 6.07) is 9.42. The van der Waals surface area contributed by atoms with Crippen molar-refractivity contribution in [2.45, 2.75) is 0 Å². The van der Waals surface area contributed by atoms with Crippen LogP contribution in [0.4, 0.5) is 0 Å². The molecular formula is C14H13NO4. The molecule has 5 heteroatoms. The molecule has 0 aliphatic rings. The van der Waals surface area contributed by atoms with Crippen molar-refractivity contribution in [1.82, 2.24) is 0 Å². The minimum Gasteiger partial charge on any atom is -0.493 e. The van der Waals surface area contributed by atoms with Crippen molar-refractivity contribution in [3.63, 3.8) is 0 Å². The molecule has 2 aromatic rings. The third-order valence-corrected chi connectivity index (χ3v) is 2.79. The van der Waals surface area contributed by atoms with Gasteiger partial charge in [0.25, 0.3) is 0 Å². The highest BCUT2D eigenvalue weighted by molar-refractivity contribution is 5.95. The number of nitrogens with zero attached hydrogens (tertiary/aromatic N) is 1. The smallest absolute Gasteiger partial charge is 0.235 e. The van der Waals surface area contributed by atoms with Gasteiger partial charge < -0.3 is 9.47 Å². The molecule has 0 unspecified atom stereocenters. The number of nitro groups is 1. The Morgan fingerprint density at radius 3 is 2.58 bits per heavy atom. The molecule has 0 radical (unpaired) electrons. The number of benzene rings is 2. The predicted octanol–water partition coefficient (Wildman–Crippen LogP) is 3.10. The predicted molar refractivity (Wildman–Crippen MR) is 73.1 cm³/mol. The number of methoxy groups -OCH3 is 2. The molecule has 0 amide bonds. The molecule has 0 aromatic heterocycles. The van der Waals surface area contributed by atoms with Crippen LogP contribution in [-0.4, -0.2) is 19.1 Å². The zero-order chi connectivity index (χ0) is 13.8. The summed E-state index contributed by atoms with van der Waals surface area (Å²) in [6.45, 7) is 0. The van der Waals surface area contributed by atoms with Crippen molar-refractivity contribution in [2.24, 2.45) is 0 Å².